The van der Waals surface area contributed by atoms with Gasteiger partial charge >= 0.3 is 0 Å². The van der Waals surface area contributed by atoms with Crippen molar-refractivity contribution in [2.45, 2.75) is 75.2 Å². The summed E-state index contributed by atoms with van der Waals surface area (Å²) in [4.78, 5) is 3.54. The molecule has 0 amide bonds. The molecular weight excluding hydrogens is 422 g/mol. The largest absolute Gasteiger partial charge is 0.358 e. The predicted octanol–water partition coefficient (Wildman–Crippen LogP) is 10.9. The zero-order chi connectivity index (χ0) is 25.8. The highest BCUT2D eigenvalue weighted by Crippen LogP contribution is 2.23. The van der Waals surface area contributed by atoms with Gasteiger partial charge in [-0.3, -0.25) is 0 Å². The molecule has 0 atom stereocenters. The molecular formula is C31H46ClN. The lowest BCUT2D eigenvalue weighted by molar-refractivity contribution is 0.889. The van der Waals surface area contributed by atoms with Crippen molar-refractivity contribution in [3.8, 4) is 0 Å². The summed E-state index contributed by atoms with van der Waals surface area (Å²) in [7, 11) is 0. The Morgan fingerprint density at radius 1 is 1.03 bits per heavy atom. The Balaban J connectivity index is 0. The molecule has 0 fully saturated rings. The lowest BCUT2D eigenvalue weighted by atomic mass is 10.1. The number of aromatic amines is 1. The third-order valence-electron chi connectivity index (χ3n) is 4.34. The molecule has 2 rings (SSSR count). The molecule has 1 heterocycles. The number of allylic oxidation sites excluding steroid dienone is 6. The van der Waals surface area contributed by atoms with Gasteiger partial charge in [-0.15, -0.1) is 0 Å². The molecule has 0 saturated heterocycles. The van der Waals surface area contributed by atoms with Crippen LogP contribution in [0.3, 0.4) is 0 Å². The van der Waals surface area contributed by atoms with E-state index in [0.717, 1.165) is 51.4 Å². The van der Waals surface area contributed by atoms with E-state index in [4.69, 9.17) is 11.6 Å². The van der Waals surface area contributed by atoms with Crippen molar-refractivity contribution in [2.75, 3.05) is 0 Å². The first-order chi connectivity index (χ1) is 16.0. The van der Waals surface area contributed by atoms with Crippen molar-refractivity contribution >= 4 is 29.3 Å². The van der Waals surface area contributed by atoms with Gasteiger partial charge in [0.1, 0.15) is 0 Å². The van der Waals surface area contributed by atoms with Gasteiger partial charge in [0.15, 0.2) is 0 Å². The molecule has 1 aromatic heterocycles. The first-order valence-electron chi connectivity index (χ1n) is 12.3. The second-order valence-electron chi connectivity index (χ2n) is 6.59. The lowest BCUT2D eigenvalue weighted by Crippen LogP contribution is -1.87. The Morgan fingerprint density at radius 3 is 2.18 bits per heavy atom. The van der Waals surface area contributed by atoms with E-state index in [-0.39, 0.29) is 0 Å². The molecule has 0 saturated carbocycles. The molecule has 0 aliphatic carbocycles. The van der Waals surface area contributed by atoms with Crippen LogP contribution >= 0.6 is 11.6 Å². The summed E-state index contributed by atoms with van der Waals surface area (Å²) >= 11 is 6.20. The van der Waals surface area contributed by atoms with Crippen LogP contribution in [0.15, 0.2) is 67.3 Å². The minimum absolute atomic E-state index is 0.778. The van der Waals surface area contributed by atoms with Gasteiger partial charge in [-0.05, 0) is 66.3 Å². The number of aromatic nitrogens is 1. The third kappa shape index (κ3) is 11.8. The van der Waals surface area contributed by atoms with Crippen molar-refractivity contribution in [1.29, 1.82) is 0 Å². The first kappa shape index (κ1) is 32.7. The van der Waals surface area contributed by atoms with Crippen LogP contribution in [-0.4, -0.2) is 4.98 Å². The number of hydrogen-bond acceptors (Lipinski definition) is 0. The highest BCUT2D eigenvalue weighted by molar-refractivity contribution is 6.31. The number of benzene rings is 1. The van der Waals surface area contributed by atoms with Crippen LogP contribution in [-0.2, 0) is 6.42 Å². The van der Waals surface area contributed by atoms with E-state index in [0.29, 0.717) is 0 Å². The number of aryl methyl sites for hydroxylation is 2. The fourth-order valence-electron chi connectivity index (χ4n) is 2.87. The second-order valence-corrected chi connectivity index (χ2v) is 6.99. The average molecular weight is 468 g/mol. The Bertz CT molecular complexity index is 907. The Hall–Kier alpha value is -2.51. The van der Waals surface area contributed by atoms with E-state index in [9.17, 15) is 0 Å². The molecule has 0 aliphatic heterocycles. The summed E-state index contributed by atoms with van der Waals surface area (Å²) in [6.45, 7) is 26.3. The average Bonchev–Trinajstić information content (AvgIpc) is 3.26. The normalized spacial score (nSPS) is 10.5. The van der Waals surface area contributed by atoms with Crippen molar-refractivity contribution in [3.63, 3.8) is 0 Å². The fourth-order valence-corrected chi connectivity index (χ4v) is 3.06. The molecule has 0 unspecified atom stereocenters. The van der Waals surface area contributed by atoms with Crippen LogP contribution < -0.4 is 0 Å². The van der Waals surface area contributed by atoms with E-state index in [1.54, 1.807) is 0 Å². The highest BCUT2D eigenvalue weighted by atomic mass is 35.5. The van der Waals surface area contributed by atoms with Gasteiger partial charge in [-0.1, -0.05) is 122 Å². The molecule has 0 radical (unpaired) electrons. The van der Waals surface area contributed by atoms with Crippen LogP contribution in [0.25, 0.3) is 17.7 Å². The van der Waals surface area contributed by atoms with Gasteiger partial charge < -0.3 is 4.98 Å². The maximum atomic E-state index is 6.20. The summed E-state index contributed by atoms with van der Waals surface area (Å²) < 4.78 is 0. The topological polar surface area (TPSA) is 15.8 Å². The third-order valence-corrected chi connectivity index (χ3v) is 4.74. The van der Waals surface area contributed by atoms with E-state index >= 15 is 0 Å². The Kier molecular flexibility index (Phi) is 19.9. The molecule has 2 heteroatoms. The van der Waals surface area contributed by atoms with Crippen molar-refractivity contribution in [3.05, 3.63) is 100 Å². The Labute approximate surface area is 209 Å². The lowest BCUT2D eigenvalue weighted by Gasteiger charge is -2.02. The van der Waals surface area contributed by atoms with Gasteiger partial charge in [0.05, 0.1) is 0 Å². The smallest absolute Gasteiger partial charge is 0.0462 e. The minimum Gasteiger partial charge on any atom is -0.358 e. The predicted molar refractivity (Wildman–Crippen MR) is 156 cm³/mol. The number of hydrogen-bond donors (Lipinski definition) is 1. The number of H-pyrrole nitrogens is 1. The van der Waals surface area contributed by atoms with Crippen molar-refractivity contribution in [1.82, 2.24) is 4.98 Å². The minimum atomic E-state index is 0.778. The molecule has 1 N–H and O–H groups in total. The summed E-state index contributed by atoms with van der Waals surface area (Å²) in [5.41, 5.74) is 7.64. The van der Waals surface area contributed by atoms with Crippen LogP contribution in [0.2, 0.25) is 5.02 Å². The summed E-state index contributed by atoms with van der Waals surface area (Å²) in [6.07, 6.45) is 14.3. The van der Waals surface area contributed by atoms with Gasteiger partial charge in [0.25, 0.3) is 0 Å². The molecule has 33 heavy (non-hydrogen) atoms. The van der Waals surface area contributed by atoms with Crippen LogP contribution in [0.5, 0.6) is 0 Å². The van der Waals surface area contributed by atoms with E-state index < -0.39 is 0 Å². The molecule has 0 spiro atoms. The zero-order valence-corrected chi connectivity index (χ0v) is 23.2. The zero-order valence-electron chi connectivity index (χ0n) is 22.5. The van der Waals surface area contributed by atoms with Gasteiger partial charge in [-0.25, -0.2) is 0 Å². The monoisotopic (exact) mass is 467 g/mol. The molecule has 1 aromatic carbocycles. The highest BCUT2D eigenvalue weighted by Gasteiger charge is 2.07. The van der Waals surface area contributed by atoms with E-state index in [1.807, 2.05) is 91.8 Å². The van der Waals surface area contributed by atoms with Gasteiger partial charge in [-0.2, -0.15) is 0 Å². The van der Waals surface area contributed by atoms with E-state index in [2.05, 4.69) is 49.4 Å². The van der Waals surface area contributed by atoms with Crippen molar-refractivity contribution < 1.29 is 0 Å². The van der Waals surface area contributed by atoms with Gasteiger partial charge in [0.2, 0.25) is 0 Å². The summed E-state index contributed by atoms with van der Waals surface area (Å²) in [5, 5.41) is 0.778. The molecule has 2 aromatic rings. The van der Waals surface area contributed by atoms with Crippen molar-refractivity contribution in [2.24, 2.45) is 0 Å². The van der Waals surface area contributed by atoms with E-state index in [1.165, 1.54) is 5.69 Å². The van der Waals surface area contributed by atoms with Crippen LogP contribution in [0, 0.1) is 6.92 Å². The van der Waals surface area contributed by atoms with Gasteiger partial charge in [0, 0.05) is 16.4 Å². The molecule has 182 valence electrons. The maximum absolute atomic E-state index is 6.20. The number of rotatable bonds is 8. The molecule has 1 nitrogen and oxygen atoms in total. The molecule has 0 bridgehead atoms. The quantitative estimate of drug-likeness (QED) is 0.371. The maximum Gasteiger partial charge on any atom is 0.0462 e. The summed E-state index contributed by atoms with van der Waals surface area (Å²) in [6, 6.07) is 8.20. The number of halogens is 1. The number of nitrogens with one attached hydrogen (secondary N) is 1. The Morgan fingerprint density at radius 2 is 1.67 bits per heavy atom. The van der Waals surface area contributed by atoms with Crippen LogP contribution in [0.4, 0.5) is 0 Å². The molecule has 0 aliphatic rings. The van der Waals surface area contributed by atoms with Crippen LogP contribution in [0.1, 0.15) is 89.9 Å². The fraction of sp³-hybridized carbons (Fsp3) is 0.355. The first-order valence-corrected chi connectivity index (χ1v) is 12.7. The summed E-state index contributed by atoms with van der Waals surface area (Å²) in [5.74, 6) is 0. The second kappa shape index (κ2) is 20.1. The SMILES string of the molecule is C=Cc1cc(C(/C=C\C)=C/C(=C)/C=C/c2ccc(C)c(Cl)c2)[nH]c1CCC.CC.CC.CC. The standard InChI is InChI=1S/C25H28ClN.3C2H6/c1-6-9-22(25-17-21(8-3)24(27-25)10-7-2)15-18(4)11-13-20-14-12-19(5)23(26)16-20;3*1-2/h6,8-9,11-17,27H,3-4,7,10H2,1-2,5H3;3*1-2H3/b9-6-,13-11+,22-15+;;;.